The smallest absolute Gasteiger partial charge is 0.162 e. The zero-order valence-electron chi connectivity index (χ0n) is 19.6. The van der Waals surface area contributed by atoms with Crippen LogP contribution in [0.5, 0.6) is 0 Å². The first-order valence-corrected chi connectivity index (χ1v) is 13.9. The van der Waals surface area contributed by atoms with E-state index >= 15 is 0 Å². The molecule has 2 heterocycles. The van der Waals surface area contributed by atoms with E-state index in [1.807, 2.05) is 0 Å². The molecule has 7 rings (SSSR count). The van der Waals surface area contributed by atoms with Gasteiger partial charge in [0.2, 0.25) is 0 Å². The maximum absolute atomic E-state index is 13.3. The molecule has 5 heteroatoms. The molecule has 2 aliphatic heterocycles. The van der Waals surface area contributed by atoms with Crippen LogP contribution in [0.25, 0.3) is 0 Å². The zero-order chi connectivity index (χ0) is 21.5. The SMILES string of the molecule is O=C1CC[C@@]2(OCC3CCCCC3)C3CC4CCC(O)C5O[C@@H]1[C@]2(CCN3CC1CC1)C45. The van der Waals surface area contributed by atoms with Crippen LogP contribution in [0, 0.1) is 29.1 Å². The van der Waals surface area contributed by atoms with Gasteiger partial charge in [0.1, 0.15) is 6.10 Å². The van der Waals surface area contributed by atoms with Crippen molar-refractivity contribution < 1.29 is 19.4 Å². The lowest BCUT2D eigenvalue weighted by molar-refractivity contribution is -0.276. The molecule has 1 N–H and O–H groups in total. The van der Waals surface area contributed by atoms with Crippen LogP contribution in [-0.2, 0) is 14.3 Å². The molecule has 7 fully saturated rings. The van der Waals surface area contributed by atoms with Crippen molar-refractivity contribution in [2.24, 2.45) is 29.1 Å². The number of piperidine rings is 1. The van der Waals surface area contributed by atoms with Crippen molar-refractivity contribution >= 4 is 5.78 Å². The van der Waals surface area contributed by atoms with Gasteiger partial charge in [-0.15, -0.1) is 0 Å². The van der Waals surface area contributed by atoms with Gasteiger partial charge in [0, 0.05) is 30.3 Å². The number of ether oxygens (including phenoxy) is 2. The lowest BCUT2D eigenvalue weighted by Gasteiger charge is -2.69. The number of nitrogens with zero attached hydrogens (tertiary/aromatic N) is 1. The second-order valence-electron chi connectivity index (χ2n) is 12.6. The summed E-state index contributed by atoms with van der Waals surface area (Å²) in [6, 6.07) is 0.426. The predicted molar refractivity (Wildman–Crippen MR) is 120 cm³/mol. The van der Waals surface area contributed by atoms with Crippen LogP contribution in [0.1, 0.15) is 83.5 Å². The van der Waals surface area contributed by atoms with Crippen LogP contribution in [0.15, 0.2) is 0 Å². The Bertz CT molecular complexity index is 763. The Morgan fingerprint density at radius 1 is 1.03 bits per heavy atom. The number of hydrogen-bond donors (Lipinski definition) is 1. The molecule has 5 aliphatic carbocycles. The topological polar surface area (TPSA) is 59.0 Å². The van der Waals surface area contributed by atoms with Gasteiger partial charge in [0.15, 0.2) is 5.78 Å². The Balaban J connectivity index is 1.30. The molecule has 178 valence electrons. The number of ketones is 1. The largest absolute Gasteiger partial charge is 0.390 e. The van der Waals surface area contributed by atoms with E-state index in [1.54, 1.807) is 0 Å². The van der Waals surface area contributed by atoms with Crippen LogP contribution >= 0.6 is 0 Å². The first-order valence-electron chi connectivity index (χ1n) is 13.9. The molecule has 2 saturated heterocycles. The van der Waals surface area contributed by atoms with Crippen molar-refractivity contribution in [3.8, 4) is 0 Å². The lowest BCUT2D eigenvalue weighted by Crippen LogP contribution is -2.78. The van der Waals surface area contributed by atoms with E-state index in [0.29, 0.717) is 36.0 Å². The molecule has 7 aliphatic rings. The highest BCUT2D eigenvalue weighted by molar-refractivity contribution is 5.86. The minimum absolute atomic E-state index is 0.158. The highest BCUT2D eigenvalue weighted by Crippen LogP contribution is 2.70. The van der Waals surface area contributed by atoms with Gasteiger partial charge in [-0.3, -0.25) is 9.69 Å². The molecular formula is C27H41NO4. The van der Waals surface area contributed by atoms with Gasteiger partial charge in [0.05, 0.1) is 24.4 Å². The van der Waals surface area contributed by atoms with Gasteiger partial charge in [-0.05, 0) is 82.1 Å². The monoisotopic (exact) mass is 443 g/mol. The van der Waals surface area contributed by atoms with Crippen LogP contribution in [0.2, 0.25) is 0 Å². The minimum atomic E-state index is -0.416. The zero-order valence-corrected chi connectivity index (χ0v) is 19.6. The number of hydrogen-bond acceptors (Lipinski definition) is 5. The van der Waals surface area contributed by atoms with Crippen molar-refractivity contribution in [3.63, 3.8) is 0 Å². The summed E-state index contributed by atoms with van der Waals surface area (Å²) in [5.74, 6) is 2.71. The average Bonchev–Trinajstić information content (AvgIpc) is 3.55. The third-order valence-electron chi connectivity index (χ3n) is 11.1. The third kappa shape index (κ3) is 2.80. The fourth-order valence-corrected chi connectivity index (χ4v) is 9.55. The van der Waals surface area contributed by atoms with Crippen molar-refractivity contribution in [1.29, 1.82) is 0 Å². The summed E-state index contributed by atoms with van der Waals surface area (Å²) in [6.07, 6.45) is 14.1. The van der Waals surface area contributed by atoms with Crippen molar-refractivity contribution in [2.45, 2.75) is 113 Å². The third-order valence-corrected chi connectivity index (χ3v) is 11.1. The van der Waals surface area contributed by atoms with Gasteiger partial charge < -0.3 is 14.6 Å². The molecule has 1 spiro atoms. The molecule has 0 aromatic heterocycles. The van der Waals surface area contributed by atoms with Crippen molar-refractivity contribution in [1.82, 2.24) is 4.90 Å². The van der Waals surface area contributed by atoms with Crippen LogP contribution in [-0.4, -0.2) is 65.4 Å². The fraction of sp³-hybridized carbons (Fsp3) is 0.963. The quantitative estimate of drug-likeness (QED) is 0.702. The molecule has 32 heavy (non-hydrogen) atoms. The molecule has 8 atom stereocenters. The van der Waals surface area contributed by atoms with Crippen LogP contribution in [0.4, 0.5) is 0 Å². The van der Waals surface area contributed by atoms with Gasteiger partial charge in [-0.1, -0.05) is 19.3 Å². The highest BCUT2D eigenvalue weighted by atomic mass is 16.5. The Morgan fingerprint density at radius 3 is 2.69 bits per heavy atom. The number of rotatable bonds is 5. The lowest BCUT2D eigenvalue weighted by atomic mass is 9.42. The van der Waals surface area contributed by atoms with Crippen LogP contribution < -0.4 is 0 Å². The summed E-state index contributed by atoms with van der Waals surface area (Å²) in [5.41, 5.74) is -0.472. The van der Waals surface area contributed by atoms with E-state index in [2.05, 4.69) is 4.90 Å². The Morgan fingerprint density at radius 2 is 1.88 bits per heavy atom. The highest BCUT2D eigenvalue weighted by Gasteiger charge is 2.78. The van der Waals surface area contributed by atoms with Crippen molar-refractivity contribution in [2.75, 3.05) is 19.7 Å². The maximum atomic E-state index is 13.3. The standard InChI is InChI=1S/C27H41NO4/c29-20-9-8-19-14-22-27(31-16-18-4-2-1-3-5-18)11-10-21(30)25-26(27,23(19)24(20)32-25)12-13-28(22)15-17-6-7-17/h17-20,22-25,29H,1-16H2/t19?,20?,22?,23?,24?,25-,26-,27+/m0/s1. The molecule has 5 nitrogen and oxygen atoms in total. The summed E-state index contributed by atoms with van der Waals surface area (Å²) < 4.78 is 13.9. The number of likely N-dealkylation sites (tertiary alicyclic amines) is 1. The molecular weight excluding hydrogens is 402 g/mol. The summed E-state index contributed by atoms with van der Waals surface area (Å²) in [5, 5.41) is 10.9. The van der Waals surface area contributed by atoms with E-state index in [-0.39, 0.29) is 23.2 Å². The normalized spacial score (nSPS) is 51.0. The summed E-state index contributed by atoms with van der Waals surface area (Å²) in [6.45, 7) is 3.16. The van der Waals surface area contributed by atoms with Gasteiger partial charge in [0.25, 0.3) is 0 Å². The first kappa shape index (κ1) is 20.8. The summed E-state index contributed by atoms with van der Waals surface area (Å²) >= 11 is 0. The second-order valence-corrected chi connectivity index (χ2v) is 12.6. The molecule has 0 aromatic carbocycles. The van der Waals surface area contributed by atoms with E-state index in [9.17, 15) is 9.90 Å². The Kier molecular flexibility index (Phi) is 4.89. The molecule has 5 saturated carbocycles. The molecule has 0 aromatic rings. The van der Waals surface area contributed by atoms with E-state index in [1.165, 1.54) is 57.9 Å². The Labute approximate surface area is 192 Å². The number of carbonyl (C=O) groups excluding carboxylic acids is 1. The number of aliphatic hydroxyl groups excluding tert-OH is 1. The first-order chi connectivity index (χ1) is 15.6. The minimum Gasteiger partial charge on any atom is -0.390 e. The number of aliphatic hydroxyl groups is 1. The number of Topliss-reactive ketones (excluding diaryl/α,β-unsaturated/α-hetero) is 1. The summed E-state index contributed by atoms with van der Waals surface area (Å²) in [7, 11) is 0. The molecule has 5 unspecified atom stereocenters. The second kappa shape index (κ2) is 7.50. The number of carbonyl (C=O) groups is 1. The van der Waals surface area contributed by atoms with E-state index in [0.717, 1.165) is 44.8 Å². The predicted octanol–water partition coefficient (Wildman–Crippen LogP) is 3.71. The molecule has 0 amide bonds. The molecule has 0 radical (unpaired) electrons. The van der Waals surface area contributed by atoms with Gasteiger partial charge in [-0.2, -0.15) is 0 Å². The van der Waals surface area contributed by atoms with Gasteiger partial charge in [-0.25, -0.2) is 0 Å². The molecule has 2 bridgehead atoms. The van der Waals surface area contributed by atoms with Crippen LogP contribution in [0.3, 0.4) is 0 Å². The van der Waals surface area contributed by atoms with Crippen molar-refractivity contribution in [3.05, 3.63) is 0 Å². The maximum Gasteiger partial charge on any atom is 0.162 e. The Hall–Kier alpha value is -0.490. The van der Waals surface area contributed by atoms with E-state index in [4.69, 9.17) is 9.47 Å². The summed E-state index contributed by atoms with van der Waals surface area (Å²) in [4.78, 5) is 16.1. The fourth-order valence-electron chi connectivity index (χ4n) is 9.55. The van der Waals surface area contributed by atoms with Gasteiger partial charge >= 0.3 is 0 Å². The van der Waals surface area contributed by atoms with E-state index < -0.39 is 6.10 Å². The average molecular weight is 444 g/mol.